The number of likely N-dealkylation sites (tertiary alicyclic amines) is 1. The summed E-state index contributed by atoms with van der Waals surface area (Å²) >= 11 is 6.24. The lowest BCUT2D eigenvalue weighted by Gasteiger charge is -2.39. The van der Waals surface area contributed by atoms with Crippen LogP contribution in [-0.4, -0.2) is 47.1 Å². The van der Waals surface area contributed by atoms with E-state index in [1.165, 1.54) is 51.6 Å². The van der Waals surface area contributed by atoms with Crippen LogP contribution in [0.2, 0.25) is 5.02 Å². The molecule has 1 aromatic heterocycles. The van der Waals surface area contributed by atoms with E-state index in [-0.39, 0.29) is 0 Å². The molecule has 1 aromatic rings. The summed E-state index contributed by atoms with van der Waals surface area (Å²) in [4.78, 5) is 13.4. The van der Waals surface area contributed by atoms with Crippen molar-refractivity contribution in [1.29, 1.82) is 0 Å². The largest absolute Gasteiger partial charge is 0.354 e. The van der Waals surface area contributed by atoms with E-state index in [4.69, 9.17) is 11.6 Å². The zero-order chi connectivity index (χ0) is 13.8. The normalized spacial score (nSPS) is 25.4. The molecule has 0 radical (unpaired) electrons. The van der Waals surface area contributed by atoms with Crippen molar-refractivity contribution in [2.24, 2.45) is 0 Å². The molecule has 110 valence electrons. The van der Waals surface area contributed by atoms with Gasteiger partial charge >= 0.3 is 0 Å². The number of halogens is 1. The lowest BCUT2D eigenvalue weighted by atomic mass is 10.0. The lowest BCUT2D eigenvalue weighted by Crippen LogP contribution is -2.48. The van der Waals surface area contributed by atoms with Crippen LogP contribution in [0.15, 0.2) is 12.5 Å². The monoisotopic (exact) mass is 294 g/mol. The highest BCUT2D eigenvalue weighted by molar-refractivity contribution is 6.32. The summed E-state index contributed by atoms with van der Waals surface area (Å²) in [5, 5.41) is 0.670. The van der Waals surface area contributed by atoms with Gasteiger partial charge in [0.25, 0.3) is 0 Å². The van der Waals surface area contributed by atoms with Gasteiger partial charge in [-0.15, -0.1) is 0 Å². The minimum Gasteiger partial charge on any atom is -0.354 e. The molecule has 20 heavy (non-hydrogen) atoms. The van der Waals surface area contributed by atoms with Crippen molar-refractivity contribution < 1.29 is 0 Å². The minimum atomic E-state index is 0.660. The summed E-state index contributed by atoms with van der Waals surface area (Å²) in [5.74, 6) is 0.904. The molecule has 0 aliphatic carbocycles. The van der Waals surface area contributed by atoms with E-state index in [1.807, 2.05) is 0 Å². The Hall–Kier alpha value is -0.870. The van der Waals surface area contributed by atoms with Crippen LogP contribution in [0.1, 0.15) is 38.5 Å². The van der Waals surface area contributed by atoms with E-state index in [9.17, 15) is 0 Å². The van der Waals surface area contributed by atoms with Crippen LogP contribution < -0.4 is 4.90 Å². The fraction of sp³-hybridized carbons (Fsp3) is 0.733. The molecule has 1 atom stereocenters. The van der Waals surface area contributed by atoms with Gasteiger partial charge < -0.3 is 4.90 Å². The molecule has 0 saturated carbocycles. The second-order valence-corrected chi connectivity index (χ2v) is 6.29. The first-order valence-corrected chi connectivity index (χ1v) is 8.17. The maximum absolute atomic E-state index is 6.24. The standard InChI is InChI=1S/C15H23ClN4/c16-14-10-17-12-18-15(14)20-9-5-6-13(11-20)19-7-3-1-2-4-8-19/h10,12-13H,1-9,11H2. The van der Waals surface area contributed by atoms with Gasteiger partial charge in [0.05, 0.1) is 6.20 Å². The van der Waals surface area contributed by atoms with Crippen LogP contribution in [0, 0.1) is 0 Å². The molecule has 1 unspecified atom stereocenters. The van der Waals surface area contributed by atoms with Crippen molar-refractivity contribution in [3.05, 3.63) is 17.5 Å². The van der Waals surface area contributed by atoms with Gasteiger partial charge in [-0.3, -0.25) is 4.90 Å². The van der Waals surface area contributed by atoms with Crippen LogP contribution in [0.25, 0.3) is 0 Å². The van der Waals surface area contributed by atoms with Gasteiger partial charge in [-0.2, -0.15) is 0 Å². The van der Waals surface area contributed by atoms with Crippen molar-refractivity contribution in [2.45, 2.75) is 44.6 Å². The number of anilines is 1. The first-order valence-electron chi connectivity index (χ1n) is 7.79. The highest BCUT2D eigenvalue weighted by Crippen LogP contribution is 2.27. The average Bonchev–Trinajstić information content (AvgIpc) is 2.77. The summed E-state index contributed by atoms with van der Waals surface area (Å²) < 4.78 is 0. The molecule has 2 aliphatic heterocycles. The van der Waals surface area contributed by atoms with Gasteiger partial charge in [0.15, 0.2) is 5.82 Å². The van der Waals surface area contributed by atoms with Crippen LogP contribution in [-0.2, 0) is 0 Å². The van der Waals surface area contributed by atoms with Gasteiger partial charge in [-0.25, -0.2) is 9.97 Å². The Labute approximate surface area is 126 Å². The fourth-order valence-electron chi connectivity index (χ4n) is 3.44. The first-order chi connectivity index (χ1) is 9.84. The molecule has 2 saturated heterocycles. The topological polar surface area (TPSA) is 32.3 Å². The Morgan fingerprint density at radius 2 is 1.85 bits per heavy atom. The third kappa shape index (κ3) is 3.23. The highest BCUT2D eigenvalue weighted by atomic mass is 35.5. The van der Waals surface area contributed by atoms with Gasteiger partial charge in [0.1, 0.15) is 11.3 Å². The molecule has 3 rings (SSSR count). The molecule has 0 amide bonds. The highest BCUT2D eigenvalue weighted by Gasteiger charge is 2.27. The van der Waals surface area contributed by atoms with E-state index in [0.717, 1.165) is 18.9 Å². The molecule has 2 aliphatic rings. The van der Waals surface area contributed by atoms with E-state index in [1.54, 1.807) is 12.5 Å². The molecular weight excluding hydrogens is 272 g/mol. The van der Waals surface area contributed by atoms with Crippen molar-refractivity contribution in [1.82, 2.24) is 14.9 Å². The SMILES string of the molecule is Clc1cncnc1N1CCCC(N2CCCCCC2)C1. The number of piperidine rings is 1. The third-order valence-corrected chi connectivity index (χ3v) is 4.77. The summed E-state index contributed by atoms with van der Waals surface area (Å²) in [5.41, 5.74) is 0. The van der Waals surface area contributed by atoms with Crippen LogP contribution in [0.4, 0.5) is 5.82 Å². The van der Waals surface area contributed by atoms with E-state index in [0.29, 0.717) is 11.1 Å². The maximum Gasteiger partial charge on any atom is 0.150 e. The van der Waals surface area contributed by atoms with E-state index in [2.05, 4.69) is 19.8 Å². The Bertz CT molecular complexity index is 432. The van der Waals surface area contributed by atoms with Crippen molar-refractivity contribution >= 4 is 17.4 Å². The Kier molecular flexibility index (Phi) is 4.73. The van der Waals surface area contributed by atoms with E-state index >= 15 is 0 Å². The predicted molar refractivity (Wildman–Crippen MR) is 82.3 cm³/mol. The second-order valence-electron chi connectivity index (χ2n) is 5.89. The lowest BCUT2D eigenvalue weighted by molar-refractivity contribution is 0.182. The molecular formula is C15H23ClN4. The molecule has 0 spiro atoms. The van der Waals surface area contributed by atoms with Crippen LogP contribution >= 0.6 is 11.6 Å². The van der Waals surface area contributed by atoms with E-state index < -0.39 is 0 Å². The summed E-state index contributed by atoms with van der Waals surface area (Å²) in [7, 11) is 0. The second kappa shape index (κ2) is 6.72. The predicted octanol–water partition coefficient (Wildman–Crippen LogP) is 2.97. The zero-order valence-electron chi connectivity index (χ0n) is 12.0. The Morgan fingerprint density at radius 1 is 1.05 bits per heavy atom. The van der Waals surface area contributed by atoms with Gasteiger partial charge in [-0.1, -0.05) is 24.4 Å². The molecule has 0 N–H and O–H groups in total. The van der Waals surface area contributed by atoms with Crippen molar-refractivity contribution in [3.63, 3.8) is 0 Å². The van der Waals surface area contributed by atoms with Gasteiger partial charge in [0, 0.05) is 19.1 Å². The van der Waals surface area contributed by atoms with Gasteiger partial charge in [-0.05, 0) is 38.8 Å². The third-order valence-electron chi connectivity index (χ3n) is 4.50. The first kappa shape index (κ1) is 14.1. The molecule has 0 aromatic carbocycles. The zero-order valence-corrected chi connectivity index (χ0v) is 12.7. The molecule has 0 bridgehead atoms. The molecule has 5 heteroatoms. The Balaban J connectivity index is 1.68. The number of nitrogens with zero attached hydrogens (tertiary/aromatic N) is 4. The fourth-order valence-corrected chi connectivity index (χ4v) is 3.67. The average molecular weight is 295 g/mol. The van der Waals surface area contributed by atoms with Crippen molar-refractivity contribution in [2.75, 3.05) is 31.1 Å². The Morgan fingerprint density at radius 3 is 2.60 bits per heavy atom. The van der Waals surface area contributed by atoms with Crippen LogP contribution in [0.3, 0.4) is 0 Å². The summed E-state index contributed by atoms with van der Waals surface area (Å²) in [6, 6.07) is 0.660. The number of rotatable bonds is 2. The molecule has 3 heterocycles. The number of hydrogen-bond acceptors (Lipinski definition) is 4. The number of aromatic nitrogens is 2. The van der Waals surface area contributed by atoms with Crippen LogP contribution in [0.5, 0.6) is 0 Å². The minimum absolute atomic E-state index is 0.660. The smallest absolute Gasteiger partial charge is 0.150 e. The molecule has 4 nitrogen and oxygen atoms in total. The quantitative estimate of drug-likeness (QED) is 0.839. The maximum atomic E-state index is 6.24. The molecule has 2 fully saturated rings. The van der Waals surface area contributed by atoms with Crippen molar-refractivity contribution in [3.8, 4) is 0 Å². The van der Waals surface area contributed by atoms with Gasteiger partial charge in [0.2, 0.25) is 0 Å². The summed E-state index contributed by atoms with van der Waals surface area (Å²) in [6.45, 7) is 4.63. The number of hydrogen-bond donors (Lipinski definition) is 0. The summed E-state index contributed by atoms with van der Waals surface area (Å²) in [6.07, 6.45) is 11.3.